The van der Waals surface area contributed by atoms with Gasteiger partial charge in [-0.15, -0.1) is 11.6 Å². The highest BCUT2D eigenvalue weighted by Gasteiger charge is 2.35. The van der Waals surface area contributed by atoms with Gasteiger partial charge in [0.15, 0.2) is 5.82 Å². The molecule has 9 heteroatoms. The molecule has 0 spiro atoms. The third kappa shape index (κ3) is 4.14. The van der Waals surface area contributed by atoms with Crippen molar-refractivity contribution in [1.29, 1.82) is 0 Å². The molecule has 1 fully saturated rings. The van der Waals surface area contributed by atoms with E-state index in [1.54, 1.807) is 47.4 Å². The molecular weight excluding hydrogens is 404 g/mol. The van der Waals surface area contributed by atoms with Crippen LogP contribution in [0.1, 0.15) is 43.7 Å². The predicted molar refractivity (Wildman–Crippen MR) is 113 cm³/mol. The Labute approximate surface area is 179 Å². The molecule has 156 valence electrons. The third-order valence-corrected chi connectivity index (χ3v) is 5.61. The molecule has 1 atom stereocenters. The number of hydrogen-bond donors (Lipinski definition) is 1. The average molecular weight is 427 g/mol. The van der Waals surface area contributed by atoms with Crippen molar-refractivity contribution in [2.75, 3.05) is 10.8 Å². The lowest BCUT2D eigenvalue weighted by molar-refractivity contribution is -0.126. The lowest BCUT2D eigenvalue weighted by Gasteiger charge is -2.32. The zero-order chi connectivity index (χ0) is 20.9. The van der Waals surface area contributed by atoms with Gasteiger partial charge in [-0.25, -0.2) is 9.50 Å². The summed E-state index contributed by atoms with van der Waals surface area (Å²) < 4.78 is 1.61. The number of aromatic nitrogens is 4. The zero-order valence-corrected chi connectivity index (χ0v) is 17.2. The average Bonchev–Trinajstić information content (AvgIpc) is 3.27. The number of halogens is 1. The second-order valence-electron chi connectivity index (χ2n) is 7.35. The Hall–Kier alpha value is -3.00. The number of hydrogen-bond acceptors (Lipinski definition) is 5. The maximum atomic E-state index is 13.5. The van der Waals surface area contributed by atoms with Crippen LogP contribution in [-0.2, 0) is 9.59 Å². The van der Waals surface area contributed by atoms with Crippen LogP contribution in [0.5, 0.6) is 0 Å². The molecule has 1 unspecified atom stereocenters. The van der Waals surface area contributed by atoms with E-state index < -0.39 is 11.9 Å². The maximum absolute atomic E-state index is 13.5. The van der Waals surface area contributed by atoms with Gasteiger partial charge in [-0.1, -0.05) is 25.3 Å². The van der Waals surface area contributed by atoms with E-state index in [1.165, 1.54) is 17.6 Å². The molecule has 30 heavy (non-hydrogen) atoms. The van der Waals surface area contributed by atoms with E-state index in [1.807, 2.05) is 0 Å². The van der Waals surface area contributed by atoms with Gasteiger partial charge in [0.25, 0.3) is 0 Å². The predicted octanol–water partition coefficient (Wildman–Crippen LogP) is 2.89. The summed E-state index contributed by atoms with van der Waals surface area (Å²) >= 11 is 5.96. The summed E-state index contributed by atoms with van der Waals surface area (Å²) in [5, 5.41) is 7.30. The van der Waals surface area contributed by atoms with Gasteiger partial charge in [0, 0.05) is 30.2 Å². The molecule has 0 radical (unpaired) electrons. The Morgan fingerprint density at radius 1 is 1.23 bits per heavy atom. The number of rotatable bonds is 6. The fourth-order valence-electron chi connectivity index (χ4n) is 3.97. The van der Waals surface area contributed by atoms with Crippen LogP contribution in [-0.4, -0.2) is 43.3 Å². The Bertz CT molecular complexity index is 1020. The van der Waals surface area contributed by atoms with E-state index in [4.69, 9.17) is 11.6 Å². The Morgan fingerprint density at radius 2 is 2.07 bits per heavy atom. The quantitative estimate of drug-likeness (QED) is 0.612. The minimum absolute atomic E-state index is 0.0945. The summed E-state index contributed by atoms with van der Waals surface area (Å²) in [6, 6.07) is 6.27. The highest BCUT2D eigenvalue weighted by molar-refractivity contribution is 6.30. The maximum Gasteiger partial charge on any atom is 0.248 e. The van der Waals surface area contributed by atoms with Crippen molar-refractivity contribution in [2.45, 2.75) is 44.2 Å². The summed E-state index contributed by atoms with van der Waals surface area (Å²) in [7, 11) is 0. The van der Waals surface area contributed by atoms with E-state index in [0.29, 0.717) is 16.9 Å². The number of pyridine rings is 1. The fourth-order valence-corrected chi connectivity index (χ4v) is 4.10. The molecule has 3 aromatic heterocycles. The number of alkyl halides is 1. The lowest BCUT2D eigenvalue weighted by Crippen LogP contribution is -2.48. The van der Waals surface area contributed by atoms with E-state index in [9.17, 15) is 9.59 Å². The van der Waals surface area contributed by atoms with Gasteiger partial charge in [0.2, 0.25) is 11.8 Å². The molecule has 1 aliphatic carbocycles. The van der Waals surface area contributed by atoms with Gasteiger partial charge in [-0.3, -0.25) is 19.5 Å². The first-order chi connectivity index (χ1) is 14.7. The Morgan fingerprint density at radius 3 is 2.80 bits per heavy atom. The van der Waals surface area contributed by atoms with Gasteiger partial charge < -0.3 is 5.32 Å². The number of fused-ring (bicyclic) bond motifs is 1. The highest BCUT2D eigenvalue weighted by Crippen LogP contribution is 2.30. The fraction of sp³-hybridized carbons (Fsp3) is 0.381. The summed E-state index contributed by atoms with van der Waals surface area (Å²) in [5.74, 6) is -0.652. The second-order valence-corrected chi connectivity index (χ2v) is 7.62. The minimum Gasteiger partial charge on any atom is -0.351 e. The lowest BCUT2D eigenvalue weighted by atomic mass is 9.95. The molecule has 8 nitrogen and oxygen atoms in total. The topological polar surface area (TPSA) is 92.5 Å². The first kappa shape index (κ1) is 20.3. The normalized spacial score (nSPS) is 15.6. The zero-order valence-electron chi connectivity index (χ0n) is 16.4. The standard InChI is InChI=1S/C21H23ClN6O2/c22-12-18(29)28(20-17-9-5-11-27(17)25-14-24-20)19(15-6-4-10-23-13-15)21(30)26-16-7-2-1-3-8-16/h4-6,9-11,13-14,16,19H,1-3,7-8,12H2,(H,26,30). The number of carbonyl (C=O) groups excluding carboxylic acids is 2. The van der Waals surface area contributed by atoms with Crippen LogP contribution in [0.15, 0.2) is 49.2 Å². The van der Waals surface area contributed by atoms with Crippen molar-refractivity contribution in [3.8, 4) is 0 Å². The van der Waals surface area contributed by atoms with Crippen molar-refractivity contribution < 1.29 is 9.59 Å². The molecule has 2 amide bonds. The molecule has 4 rings (SSSR count). The van der Waals surface area contributed by atoms with Gasteiger partial charge in [0.05, 0.1) is 0 Å². The summed E-state index contributed by atoms with van der Waals surface area (Å²) in [6.07, 6.45) is 11.6. The number of amides is 2. The van der Waals surface area contributed by atoms with Gasteiger partial charge in [-0.05, 0) is 31.0 Å². The number of nitrogens with zero attached hydrogens (tertiary/aromatic N) is 5. The number of anilines is 1. The molecule has 0 saturated heterocycles. The molecule has 3 heterocycles. The SMILES string of the molecule is O=C(NC1CCCCC1)C(c1cccnc1)N(C(=O)CCl)c1ncnn2cccc12. The van der Waals surface area contributed by atoms with Crippen molar-refractivity contribution in [3.63, 3.8) is 0 Å². The van der Waals surface area contributed by atoms with Crippen LogP contribution in [0.4, 0.5) is 5.82 Å². The van der Waals surface area contributed by atoms with Crippen LogP contribution < -0.4 is 10.2 Å². The van der Waals surface area contributed by atoms with Crippen molar-refractivity contribution in [1.82, 2.24) is 24.9 Å². The minimum atomic E-state index is -0.944. The summed E-state index contributed by atoms with van der Waals surface area (Å²) in [6.45, 7) is 0. The number of carbonyl (C=O) groups is 2. The van der Waals surface area contributed by atoms with Crippen LogP contribution in [0.25, 0.3) is 5.52 Å². The molecule has 1 N–H and O–H groups in total. The van der Waals surface area contributed by atoms with E-state index in [-0.39, 0.29) is 17.8 Å². The summed E-state index contributed by atoms with van der Waals surface area (Å²) in [5.41, 5.74) is 1.20. The van der Waals surface area contributed by atoms with Crippen LogP contribution >= 0.6 is 11.6 Å². The monoisotopic (exact) mass is 426 g/mol. The van der Waals surface area contributed by atoms with Crippen molar-refractivity contribution >= 4 is 34.7 Å². The van der Waals surface area contributed by atoms with Crippen LogP contribution in [0.3, 0.4) is 0 Å². The second kappa shape index (κ2) is 9.21. The Kier molecular flexibility index (Phi) is 6.23. The van der Waals surface area contributed by atoms with Crippen molar-refractivity contribution in [2.24, 2.45) is 0 Å². The van der Waals surface area contributed by atoms with E-state index in [2.05, 4.69) is 20.4 Å². The molecule has 0 aromatic carbocycles. The van der Waals surface area contributed by atoms with Gasteiger partial charge >= 0.3 is 0 Å². The molecule has 1 saturated carbocycles. The largest absolute Gasteiger partial charge is 0.351 e. The molecule has 0 bridgehead atoms. The molecule has 3 aromatic rings. The van der Waals surface area contributed by atoms with Crippen molar-refractivity contribution in [3.05, 3.63) is 54.7 Å². The Balaban J connectivity index is 1.78. The smallest absolute Gasteiger partial charge is 0.248 e. The van der Waals surface area contributed by atoms with Gasteiger partial charge in [-0.2, -0.15) is 5.10 Å². The molecule has 0 aliphatic heterocycles. The third-order valence-electron chi connectivity index (χ3n) is 5.38. The van der Waals surface area contributed by atoms with E-state index in [0.717, 1.165) is 25.7 Å². The van der Waals surface area contributed by atoms with Crippen LogP contribution in [0, 0.1) is 0 Å². The van der Waals surface area contributed by atoms with Crippen LogP contribution in [0.2, 0.25) is 0 Å². The molecule has 1 aliphatic rings. The van der Waals surface area contributed by atoms with Gasteiger partial charge in [0.1, 0.15) is 23.8 Å². The first-order valence-electron chi connectivity index (χ1n) is 10.1. The first-order valence-corrected chi connectivity index (χ1v) is 10.6. The van der Waals surface area contributed by atoms with E-state index >= 15 is 0 Å². The highest BCUT2D eigenvalue weighted by atomic mass is 35.5. The molecular formula is C21H23ClN6O2. The summed E-state index contributed by atoms with van der Waals surface area (Å²) in [4.78, 5) is 36.4. The number of nitrogens with one attached hydrogen (secondary N) is 1.